The monoisotopic (exact) mass is 379 g/mol. The molecule has 0 saturated carbocycles. The molecular formula is C18H25N3O6. The average Bonchev–Trinajstić information content (AvgIpc) is 2.62. The molecule has 9 nitrogen and oxygen atoms in total. The van der Waals surface area contributed by atoms with Crippen LogP contribution in [0.25, 0.3) is 0 Å². The molecule has 0 unspecified atom stereocenters. The molecule has 1 aromatic heterocycles. The number of ether oxygens (including phenoxy) is 3. The number of fused-ring (bicyclic) bond motifs is 2. The number of amides is 1. The summed E-state index contributed by atoms with van der Waals surface area (Å²) >= 11 is 0. The lowest BCUT2D eigenvalue weighted by Gasteiger charge is -2.41. The maximum absolute atomic E-state index is 12.9. The summed E-state index contributed by atoms with van der Waals surface area (Å²) < 4.78 is 17.4. The maximum Gasteiger partial charge on any atom is 0.514 e. The number of morpholine rings is 1. The van der Waals surface area contributed by atoms with Gasteiger partial charge in [0.2, 0.25) is 11.2 Å². The van der Waals surface area contributed by atoms with Crippen LogP contribution in [0.4, 0.5) is 4.79 Å². The third-order valence-corrected chi connectivity index (χ3v) is 4.67. The first kappa shape index (κ1) is 19.2. The first-order valence-corrected chi connectivity index (χ1v) is 9.09. The minimum atomic E-state index is -0.995. The number of aromatic nitrogens is 1. The van der Waals surface area contributed by atoms with Crippen LogP contribution in [0, 0.1) is 11.8 Å². The lowest BCUT2D eigenvalue weighted by atomic mass is 9.96. The fourth-order valence-electron chi connectivity index (χ4n) is 3.44. The Morgan fingerprint density at radius 3 is 2.63 bits per heavy atom. The van der Waals surface area contributed by atoms with Crippen LogP contribution in [0.2, 0.25) is 0 Å². The van der Waals surface area contributed by atoms with Crippen molar-refractivity contribution >= 4 is 12.1 Å². The Morgan fingerprint density at radius 1 is 1.26 bits per heavy atom. The van der Waals surface area contributed by atoms with Gasteiger partial charge in [0.25, 0.3) is 5.91 Å². The summed E-state index contributed by atoms with van der Waals surface area (Å²) in [6, 6.07) is 1.23. The van der Waals surface area contributed by atoms with Crippen LogP contribution in [-0.4, -0.2) is 53.7 Å². The van der Waals surface area contributed by atoms with Gasteiger partial charge in [-0.15, -0.1) is 0 Å². The second-order valence-electron chi connectivity index (χ2n) is 7.37. The average molecular weight is 379 g/mol. The molecule has 9 heteroatoms. The van der Waals surface area contributed by atoms with Crippen LogP contribution in [-0.2, 0) is 9.47 Å². The maximum atomic E-state index is 12.9. The van der Waals surface area contributed by atoms with Gasteiger partial charge in [-0.3, -0.25) is 14.3 Å². The predicted molar refractivity (Wildman–Crippen MR) is 96.3 cm³/mol. The fraction of sp³-hybridized carbons (Fsp3) is 0.611. The number of hydrogen-bond acceptors (Lipinski definition) is 7. The van der Waals surface area contributed by atoms with Crippen LogP contribution in [0.15, 0.2) is 17.1 Å². The predicted octanol–water partition coefficient (Wildman–Crippen LogP) is 1.40. The van der Waals surface area contributed by atoms with Crippen molar-refractivity contribution in [3.63, 3.8) is 0 Å². The van der Waals surface area contributed by atoms with E-state index >= 15 is 0 Å². The Labute approximate surface area is 157 Å². The second-order valence-corrected chi connectivity index (χ2v) is 7.37. The van der Waals surface area contributed by atoms with Crippen molar-refractivity contribution < 1.29 is 23.8 Å². The lowest BCUT2D eigenvalue weighted by molar-refractivity contribution is -0.00391. The van der Waals surface area contributed by atoms with Gasteiger partial charge in [0.05, 0.1) is 13.2 Å². The van der Waals surface area contributed by atoms with Crippen molar-refractivity contribution in [2.24, 2.45) is 11.8 Å². The van der Waals surface area contributed by atoms with Gasteiger partial charge in [0, 0.05) is 18.8 Å². The highest BCUT2D eigenvalue weighted by atomic mass is 16.7. The van der Waals surface area contributed by atoms with E-state index in [-0.39, 0.29) is 35.5 Å². The summed E-state index contributed by atoms with van der Waals surface area (Å²) in [6.07, 6.45) is -0.264. The molecule has 1 aromatic rings. The number of rotatable bonds is 4. The Bertz CT molecular complexity index is 780. The van der Waals surface area contributed by atoms with E-state index in [1.54, 1.807) is 4.90 Å². The van der Waals surface area contributed by atoms with Crippen LogP contribution >= 0.6 is 0 Å². The van der Waals surface area contributed by atoms with Gasteiger partial charge in [-0.25, -0.2) is 4.79 Å². The highest BCUT2D eigenvalue weighted by molar-refractivity contribution is 5.97. The highest BCUT2D eigenvalue weighted by Crippen LogP contribution is 2.24. The third-order valence-electron chi connectivity index (χ3n) is 4.67. The van der Waals surface area contributed by atoms with Crippen molar-refractivity contribution in [2.75, 3.05) is 25.2 Å². The molecule has 0 aromatic carbocycles. The molecular weight excluding hydrogens is 354 g/mol. The van der Waals surface area contributed by atoms with Crippen LogP contribution in [0.3, 0.4) is 0 Å². The molecule has 1 saturated heterocycles. The molecule has 1 amide bonds. The van der Waals surface area contributed by atoms with Crippen molar-refractivity contribution in [3.8, 4) is 5.75 Å². The Morgan fingerprint density at radius 2 is 1.96 bits per heavy atom. The standard InChI is InChI=1S/C18H25N3O6/c1-10(2)15(11(3)4)26-18(24)27-16-12(22)5-6-21-14(16)17(23)20-7-8-25-9-13(20)19-21/h5-6,10-11,13,15,19H,7-9H2,1-4H3/t13-/m0/s1. The van der Waals surface area contributed by atoms with E-state index in [4.69, 9.17) is 14.2 Å². The summed E-state index contributed by atoms with van der Waals surface area (Å²) in [7, 11) is 0. The number of carbonyl (C=O) groups is 2. The van der Waals surface area contributed by atoms with Crippen molar-refractivity contribution in [3.05, 3.63) is 28.2 Å². The molecule has 0 bridgehead atoms. The quantitative estimate of drug-likeness (QED) is 0.790. The number of pyridine rings is 1. The number of carbonyl (C=O) groups excluding carboxylic acids is 2. The summed E-state index contributed by atoms with van der Waals surface area (Å²) in [5.74, 6) is -0.565. The SMILES string of the molecule is CC(C)C(OC(=O)Oc1c2n(ccc1=O)N[C@@H]1COCCN1C2=O)C(C)C. The molecule has 1 atom stereocenters. The Kier molecular flexibility index (Phi) is 5.41. The van der Waals surface area contributed by atoms with Gasteiger partial charge in [-0.1, -0.05) is 27.7 Å². The fourth-order valence-corrected chi connectivity index (χ4v) is 3.44. The molecule has 27 heavy (non-hydrogen) atoms. The molecule has 2 aliphatic heterocycles. The molecule has 3 heterocycles. The van der Waals surface area contributed by atoms with E-state index in [1.165, 1.54) is 16.9 Å². The van der Waals surface area contributed by atoms with Gasteiger partial charge in [-0.2, -0.15) is 0 Å². The number of hydrogen-bond donors (Lipinski definition) is 1. The van der Waals surface area contributed by atoms with E-state index in [9.17, 15) is 14.4 Å². The third kappa shape index (κ3) is 3.78. The largest absolute Gasteiger partial charge is 0.514 e. The van der Waals surface area contributed by atoms with Crippen LogP contribution in [0.1, 0.15) is 38.2 Å². The van der Waals surface area contributed by atoms with E-state index in [0.29, 0.717) is 19.8 Å². The van der Waals surface area contributed by atoms with Crippen molar-refractivity contribution in [1.29, 1.82) is 0 Å². The van der Waals surface area contributed by atoms with Gasteiger partial charge < -0.3 is 24.5 Å². The smallest absolute Gasteiger partial charge is 0.430 e. The minimum Gasteiger partial charge on any atom is -0.430 e. The van der Waals surface area contributed by atoms with Gasteiger partial charge in [0.1, 0.15) is 12.3 Å². The van der Waals surface area contributed by atoms with Crippen LogP contribution < -0.4 is 15.6 Å². The molecule has 148 valence electrons. The van der Waals surface area contributed by atoms with Gasteiger partial charge in [0.15, 0.2) is 5.69 Å². The second kappa shape index (κ2) is 7.59. The summed E-state index contributed by atoms with van der Waals surface area (Å²) in [4.78, 5) is 39.1. The van der Waals surface area contributed by atoms with Gasteiger partial charge >= 0.3 is 6.16 Å². The van der Waals surface area contributed by atoms with E-state index < -0.39 is 17.5 Å². The molecule has 2 aliphatic rings. The molecule has 3 rings (SSSR count). The zero-order valence-electron chi connectivity index (χ0n) is 15.9. The topological polar surface area (TPSA) is 99.1 Å². The van der Waals surface area contributed by atoms with Gasteiger partial charge in [-0.05, 0) is 11.8 Å². The molecule has 0 spiro atoms. The van der Waals surface area contributed by atoms with Crippen molar-refractivity contribution in [2.45, 2.75) is 40.0 Å². The first-order valence-electron chi connectivity index (χ1n) is 9.09. The molecule has 0 aliphatic carbocycles. The van der Waals surface area contributed by atoms with E-state index in [0.717, 1.165) is 0 Å². The first-order chi connectivity index (χ1) is 12.8. The minimum absolute atomic E-state index is 0.0248. The van der Waals surface area contributed by atoms with E-state index in [1.807, 2.05) is 27.7 Å². The molecule has 0 radical (unpaired) electrons. The summed E-state index contributed by atoms with van der Waals surface area (Å²) in [5.41, 5.74) is 2.48. The Balaban J connectivity index is 1.88. The summed E-state index contributed by atoms with van der Waals surface area (Å²) in [5, 5.41) is 0. The Hall–Kier alpha value is -2.55. The summed E-state index contributed by atoms with van der Waals surface area (Å²) in [6.45, 7) is 8.86. The molecule has 1 fully saturated rings. The highest BCUT2D eigenvalue weighted by Gasteiger charge is 2.37. The molecule has 1 N–H and O–H groups in total. The lowest BCUT2D eigenvalue weighted by Crippen LogP contribution is -2.59. The van der Waals surface area contributed by atoms with Crippen LogP contribution in [0.5, 0.6) is 5.75 Å². The number of nitrogens with zero attached hydrogens (tertiary/aromatic N) is 2. The zero-order valence-corrected chi connectivity index (χ0v) is 15.9. The zero-order chi connectivity index (χ0) is 19.7. The number of nitrogens with one attached hydrogen (secondary N) is 1. The van der Waals surface area contributed by atoms with E-state index in [2.05, 4.69) is 5.43 Å². The van der Waals surface area contributed by atoms with Crippen molar-refractivity contribution in [1.82, 2.24) is 9.58 Å². The normalized spacial score (nSPS) is 19.0.